The molecule has 0 spiro atoms. The normalized spacial score (nSPS) is 20.2. The Bertz CT molecular complexity index is 263. The number of hydrogen-bond donors (Lipinski definition) is 1. The fraction of sp³-hybridized carbons (Fsp3) is 0.625. The number of nitrogens with zero attached hydrogens (tertiary/aromatic N) is 2. The van der Waals surface area contributed by atoms with E-state index in [2.05, 4.69) is 4.98 Å². The molecule has 1 aromatic heterocycles. The van der Waals surface area contributed by atoms with Gasteiger partial charge in [0.15, 0.2) is 0 Å². The molecule has 0 aliphatic heterocycles. The minimum absolute atomic E-state index is 0.418. The number of hydrogen-bond acceptors (Lipinski definition) is 2. The minimum atomic E-state index is -0.418. The lowest BCUT2D eigenvalue weighted by Gasteiger charge is -2.05. The summed E-state index contributed by atoms with van der Waals surface area (Å²) in [5.74, 6) is 0.977. The highest BCUT2D eigenvalue weighted by Crippen LogP contribution is 2.37. The molecule has 1 aliphatic rings. The monoisotopic (exact) mass is 152 g/mol. The van der Waals surface area contributed by atoms with Crippen LogP contribution >= 0.6 is 0 Å². The van der Waals surface area contributed by atoms with Gasteiger partial charge in [0, 0.05) is 25.9 Å². The Morgan fingerprint density at radius 3 is 2.91 bits per heavy atom. The second kappa shape index (κ2) is 2.08. The van der Waals surface area contributed by atoms with Crippen molar-refractivity contribution in [2.75, 3.05) is 0 Å². The lowest BCUT2D eigenvalue weighted by molar-refractivity contribution is 0.147. The van der Waals surface area contributed by atoms with Crippen molar-refractivity contribution in [3.05, 3.63) is 18.2 Å². The van der Waals surface area contributed by atoms with Crippen molar-refractivity contribution in [1.82, 2.24) is 9.55 Å². The van der Waals surface area contributed by atoms with E-state index in [1.54, 1.807) is 6.20 Å². The van der Waals surface area contributed by atoms with Crippen LogP contribution in [0.25, 0.3) is 0 Å². The van der Waals surface area contributed by atoms with Crippen LogP contribution in [-0.4, -0.2) is 20.3 Å². The molecule has 1 heterocycles. The van der Waals surface area contributed by atoms with Crippen molar-refractivity contribution in [1.29, 1.82) is 0 Å². The van der Waals surface area contributed by atoms with Gasteiger partial charge >= 0.3 is 0 Å². The first-order valence-electron chi connectivity index (χ1n) is 3.88. The van der Waals surface area contributed by atoms with Crippen LogP contribution in [-0.2, 0) is 13.5 Å². The molecular formula is C8H12N2O. The molecule has 3 heteroatoms. The van der Waals surface area contributed by atoms with Gasteiger partial charge in [0.05, 0.1) is 5.60 Å². The standard InChI is InChI=1S/C8H12N2O/c1-10-5-4-9-7(10)6-8(11)2-3-8/h4-5,11H,2-3,6H2,1H3. The van der Waals surface area contributed by atoms with Gasteiger partial charge in [-0.1, -0.05) is 0 Å². The molecule has 0 unspecified atom stereocenters. The van der Waals surface area contributed by atoms with E-state index in [-0.39, 0.29) is 0 Å². The Morgan fingerprint density at radius 1 is 1.73 bits per heavy atom. The number of aliphatic hydroxyl groups is 1. The van der Waals surface area contributed by atoms with Gasteiger partial charge in [-0.05, 0) is 12.8 Å². The van der Waals surface area contributed by atoms with E-state index in [0.717, 1.165) is 18.7 Å². The van der Waals surface area contributed by atoms with E-state index in [1.165, 1.54) is 0 Å². The van der Waals surface area contributed by atoms with Crippen LogP contribution in [0, 0.1) is 0 Å². The second-order valence-electron chi connectivity index (χ2n) is 3.36. The second-order valence-corrected chi connectivity index (χ2v) is 3.36. The van der Waals surface area contributed by atoms with E-state index in [0.29, 0.717) is 6.42 Å². The fourth-order valence-electron chi connectivity index (χ4n) is 1.18. The van der Waals surface area contributed by atoms with Gasteiger partial charge in [-0.2, -0.15) is 0 Å². The van der Waals surface area contributed by atoms with Crippen molar-refractivity contribution in [3.8, 4) is 0 Å². The maximum atomic E-state index is 9.57. The van der Waals surface area contributed by atoms with E-state index < -0.39 is 5.60 Å². The zero-order valence-corrected chi connectivity index (χ0v) is 6.62. The Labute approximate surface area is 65.7 Å². The van der Waals surface area contributed by atoms with Crippen LogP contribution in [0.1, 0.15) is 18.7 Å². The van der Waals surface area contributed by atoms with Crippen LogP contribution in [0.4, 0.5) is 0 Å². The van der Waals surface area contributed by atoms with Crippen molar-refractivity contribution >= 4 is 0 Å². The predicted octanol–water partition coefficient (Wildman–Crippen LogP) is 0.487. The number of aryl methyl sites for hydroxylation is 1. The van der Waals surface area contributed by atoms with Gasteiger partial charge in [-0.15, -0.1) is 0 Å². The molecule has 0 amide bonds. The summed E-state index contributed by atoms with van der Waals surface area (Å²) in [7, 11) is 1.95. The number of rotatable bonds is 2. The smallest absolute Gasteiger partial charge is 0.111 e. The molecule has 1 saturated carbocycles. The Hall–Kier alpha value is -0.830. The fourth-order valence-corrected chi connectivity index (χ4v) is 1.18. The lowest BCUT2D eigenvalue weighted by atomic mass is 10.2. The zero-order chi connectivity index (χ0) is 7.90. The zero-order valence-electron chi connectivity index (χ0n) is 6.62. The number of aromatic nitrogens is 2. The Kier molecular flexibility index (Phi) is 1.29. The summed E-state index contributed by atoms with van der Waals surface area (Å²) in [6.45, 7) is 0. The summed E-state index contributed by atoms with van der Waals surface area (Å²) in [6.07, 6.45) is 6.23. The molecule has 11 heavy (non-hydrogen) atoms. The summed E-state index contributed by atoms with van der Waals surface area (Å²) in [5.41, 5.74) is -0.418. The van der Waals surface area contributed by atoms with Crippen LogP contribution in [0.2, 0.25) is 0 Å². The van der Waals surface area contributed by atoms with E-state index in [1.807, 2.05) is 17.8 Å². The van der Waals surface area contributed by atoms with Crippen LogP contribution in [0.5, 0.6) is 0 Å². The molecule has 0 aromatic carbocycles. The quantitative estimate of drug-likeness (QED) is 0.669. The van der Waals surface area contributed by atoms with Gasteiger partial charge in [-0.3, -0.25) is 0 Å². The molecule has 1 aliphatic carbocycles. The molecule has 60 valence electrons. The average Bonchev–Trinajstić information content (AvgIpc) is 2.54. The molecule has 0 saturated heterocycles. The van der Waals surface area contributed by atoms with Crippen LogP contribution in [0.15, 0.2) is 12.4 Å². The molecule has 0 bridgehead atoms. The SMILES string of the molecule is Cn1ccnc1CC1(O)CC1. The molecule has 1 fully saturated rings. The Morgan fingerprint density at radius 2 is 2.45 bits per heavy atom. The third-order valence-electron chi connectivity index (χ3n) is 2.24. The molecule has 0 atom stereocenters. The lowest BCUT2D eigenvalue weighted by Crippen LogP contribution is -2.14. The largest absolute Gasteiger partial charge is 0.389 e. The molecule has 1 aromatic rings. The maximum Gasteiger partial charge on any atom is 0.111 e. The third kappa shape index (κ3) is 1.28. The van der Waals surface area contributed by atoms with Crippen LogP contribution in [0.3, 0.4) is 0 Å². The summed E-state index contributed by atoms with van der Waals surface area (Å²) in [6, 6.07) is 0. The molecular weight excluding hydrogens is 140 g/mol. The van der Waals surface area contributed by atoms with Gasteiger partial charge in [0.2, 0.25) is 0 Å². The van der Waals surface area contributed by atoms with Gasteiger partial charge in [-0.25, -0.2) is 4.98 Å². The molecule has 1 N–H and O–H groups in total. The van der Waals surface area contributed by atoms with E-state index in [4.69, 9.17) is 0 Å². The first-order valence-corrected chi connectivity index (χ1v) is 3.88. The predicted molar refractivity (Wildman–Crippen MR) is 41.1 cm³/mol. The van der Waals surface area contributed by atoms with Crippen molar-refractivity contribution in [3.63, 3.8) is 0 Å². The average molecular weight is 152 g/mol. The maximum absolute atomic E-state index is 9.57. The van der Waals surface area contributed by atoms with Crippen molar-refractivity contribution in [2.45, 2.75) is 24.9 Å². The van der Waals surface area contributed by atoms with Gasteiger partial charge in [0.25, 0.3) is 0 Å². The highest BCUT2D eigenvalue weighted by atomic mass is 16.3. The highest BCUT2D eigenvalue weighted by Gasteiger charge is 2.41. The highest BCUT2D eigenvalue weighted by molar-refractivity contribution is 5.04. The summed E-state index contributed by atoms with van der Waals surface area (Å²) < 4.78 is 1.95. The van der Waals surface area contributed by atoms with E-state index in [9.17, 15) is 5.11 Å². The van der Waals surface area contributed by atoms with Gasteiger partial charge in [0.1, 0.15) is 5.82 Å². The molecule has 2 rings (SSSR count). The van der Waals surface area contributed by atoms with Crippen LogP contribution < -0.4 is 0 Å². The first kappa shape index (κ1) is 6.85. The molecule has 0 radical (unpaired) electrons. The van der Waals surface area contributed by atoms with Crippen molar-refractivity contribution in [2.24, 2.45) is 7.05 Å². The Balaban J connectivity index is 2.12. The summed E-state index contributed by atoms with van der Waals surface area (Å²) in [5, 5.41) is 9.57. The first-order chi connectivity index (χ1) is 5.20. The topological polar surface area (TPSA) is 38.0 Å². The van der Waals surface area contributed by atoms with Gasteiger partial charge < -0.3 is 9.67 Å². The molecule has 3 nitrogen and oxygen atoms in total. The van der Waals surface area contributed by atoms with E-state index >= 15 is 0 Å². The number of imidazole rings is 1. The summed E-state index contributed by atoms with van der Waals surface area (Å²) >= 11 is 0. The van der Waals surface area contributed by atoms with Crippen molar-refractivity contribution < 1.29 is 5.11 Å². The summed E-state index contributed by atoms with van der Waals surface area (Å²) in [4.78, 5) is 4.14. The third-order valence-corrected chi connectivity index (χ3v) is 2.24. The minimum Gasteiger partial charge on any atom is -0.389 e.